The number of nitrogens with two attached hydrogens (primary N) is 1. The van der Waals surface area contributed by atoms with Crippen molar-refractivity contribution in [2.24, 2.45) is 5.84 Å². The Hall–Kier alpha value is -3.14. The molecule has 3 aliphatic rings. The second-order valence-electron chi connectivity index (χ2n) is 11.1. The van der Waals surface area contributed by atoms with Gasteiger partial charge in [0, 0.05) is 62.4 Å². The van der Waals surface area contributed by atoms with Gasteiger partial charge in [0.1, 0.15) is 5.75 Å². The predicted molar refractivity (Wildman–Crippen MR) is 155 cm³/mol. The molecule has 1 unspecified atom stereocenters. The van der Waals surface area contributed by atoms with Gasteiger partial charge < -0.3 is 19.5 Å². The van der Waals surface area contributed by atoms with Gasteiger partial charge in [0.2, 0.25) is 5.78 Å². The number of carbonyl (C=O) groups excluding carboxylic acids is 3. The molecule has 0 bridgehead atoms. The highest BCUT2D eigenvalue weighted by Crippen LogP contribution is 2.41. The summed E-state index contributed by atoms with van der Waals surface area (Å²) in [5.41, 5.74) is 2.66. The molecule has 3 heterocycles. The molecule has 214 valence electrons. The number of likely N-dealkylation sites (tertiary alicyclic amines) is 1. The first-order valence-corrected chi connectivity index (χ1v) is 14.5. The fraction of sp³-hybridized carbons (Fsp3) is 0.500. The van der Waals surface area contributed by atoms with Crippen molar-refractivity contribution >= 4 is 34.9 Å². The van der Waals surface area contributed by atoms with Crippen LogP contribution in [0.3, 0.4) is 0 Å². The standard InChI is InChI=1S/C30H38ClN5O4/c1-4-40-27-14-26-22(24(18-36(26)32)28(37)30(39)33-11-7-8-12-33)13-23(27)29(38)35-16-19(2)34(15-20(35)3)17-21-9-5-6-10-25(21)31/h5-6,9-10,13-14,19-20,24H,4,7-8,11-12,15-18,32H2,1-3H3/t19-,20+,24?/m0/s1. The molecule has 9 nitrogen and oxygen atoms in total. The molecule has 0 spiro atoms. The fourth-order valence-corrected chi connectivity index (χ4v) is 6.30. The smallest absolute Gasteiger partial charge is 0.290 e. The molecule has 2 amide bonds. The van der Waals surface area contributed by atoms with E-state index in [9.17, 15) is 14.4 Å². The van der Waals surface area contributed by atoms with E-state index in [2.05, 4.69) is 11.8 Å². The summed E-state index contributed by atoms with van der Waals surface area (Å²) in [6.07, 6.45) is 1.81. The zero-order valence-electron chi connectivity index (χ0n) is 23.4. The van der Waals surface area contributed by atoms with Crippen LogP contribution in [0, 0.1) is 0 Å². The predicted octanol–water partition coefficient (Wildman–Crippen LogP) is 3.44. The van der Waals surface area contributed by atoms with E-state index in [4.69, 9.17) is 22.2 Å². The number of benzene rings is 2. The van der Waals surface area contributed by atoms with Gasteiger partial charge in [0.25, 0.3) is 11.8 Å². The largest absolute Gasteiger partial charge is 0.493 e. The third kappa shape index (κ3) is 5.42. The number of nitrogens with zero attached hydrogens (tertiary/aromatic N) is 4. The van der Waals surface area contributed by atoms with Crippen LogP contribution >= 0.6 is 11.6 Å². The SMILES string of the molecule is CCOc1cc2c(cc1C(=O)N1C[C@H](C)N(Cc3ccccc3Cl)C[C@H]1C)C(C(=O)C(=O)N1CCCC1)CN2N. The number of carbonyl (C=O) groups is 3. The molecule has 10 heteroatoms. The molecule has 2 fully saturated rings. The number of hydrazine groups is 1. The minimum absolute atomic E-state index is 0.0610. The Morgan fingerprint density at radius 2 is 1.75 bits per heavy atom. The molecular formula is C30H38ClN5O4. The van der Waals surface area contributed by atoms with Crippen LogP contribution in [0.25, 0.3) is 0 Å². The Morgan fingerprint density at radius 1 is 1.02 bits per heavy atom. The highest BCUT2D eigenvalue weighted by atomic mass is 35.5. The summed E-state index contributed by atoms with van der Waals surface area (Å²) in [5, 5.41) is 2.21. The lowest BCUT2D eigenvalue weighted by molar-refractivity contribution is -0.144. The van der Waals surface area contributed by atoms with Gasteiger partial charge in [0.05, 0.1) is 23.8 Å². The van der Waals surface area contributed by atoms with Crippen LogP contribution in [0.4, 0.5) is 5.69 Å². The Balaban J connectivity index is 1.40. The van der Waals surface area contributed by atoms with Crippen LogP contribution in [0.15, 0.2) is 36.4 Å². The minimum atomic E-state index is -0.723. The lowest BCUT2D eigenvalue weighted by Crippen LogP contribution is -2.57. The molecule has 2 aromatic carbocycles. The van der Waals surface area contributed by atoms with E-state index in [1.807, 2.05) is 43.0 Å². The van der Waals surface area contributed by atoms with Gasteiger partial charge in [-0.2, -0.15) is 0 Å². The Kier molecular flexibility index (Phi) is 8.35. The molecule has 5 rings (SSSR count). The van der Waals surface area contributed by atoms with Gasteiger partial charge >= 0.3 is 0 Å². The maximum Gasteiger partial charge on any atom is 0.290 e. The maximum absolute atomic E-state index is 14.1. The molecule has 2 aromatic rings. The third-order valence-electron chi connectivity index (χ3n) is 8.35. The van der Waals surface area contributed by atoms with Crippen molar-refractivity contribution in [2.45, 2.75) is 58.2 Å². The summed E-state index contributed by atoms with van der Waals surface area (Å²) >= 11 is 6.42. The van der Waals surface area contributed by atoms with Crippen molar-refractivity contribution in [1.82, 2.24) is 14.7 Å². The second kappa shape index (κ2) is 11.8. The highest BCUT2D eigenvalue weighted by Gasteiger charge is 2.40. The summed E-state index contributed by atoms with van der Waals surface area (Å²) in [7, 11) is 0. The summed E-state index contributed by atoms with van der Waals surface area (Å²) < 4.78 is 5.91. The van der Waals surface area contributed by atoms with E-state index in [0.717, 1.165) is 23.4 Å². The summed E-state index contributed by atoms with van der Waals surface area (Å²) in [4.78, 5) is 46.2. The summed E-state index contributed by atoms with van der Waals surface area (Å²) in [6, 6.07) is 11.3. The van der Waals surface area contributed by atoms with E-state index in [-0.39, 0.29) is 24.5 Å². The van der Waals surface area contributed by atoms with E-state index in [0.29, 0.717) is 61.9 Å². The van der Waals surface area contributed by atoms with Crippen LogP contribution in [-0.2, 0) is 16.1 Å². The Bertz CT molecular complexity index is 1300. The quantitative estimate of drug-likeness (QED) is 0.404. The van der Waals surface area contributed by atoms with Crippen LogP contribution in [0.1, 0.15) is 61.0 Å². The van der Waals surface area contributed by atoms with Crippen molar-refractivity contribution in [3.05, 3.63) is 58.1 Å². The number of hydrogen-bond acceptors (Lipinski definition) is 7. The number of anilines is 1. The number of rotatable bonds is 7. The number of fused-ring (bicyclic) bond motifs is 1. The molecule has 3 aliphatic heterocycles. The lowest BCUT2D eigenvalue weighted by Gasteiger charge is -2.44. The van der Waals surface area contributed by atoms with Crippen LogP contribution in [0.5, 0.6) is 5.75 Å². The first-order valence-electron chi connectivity index (χ1n) is 14.1. The van der Waals surface area contributed by atoms with Crippen molar-refractivity contribution in [3.63, 3.8) is 0 Å². The maximum atomic E-state index is 14.1. The number of ketones is 1. The molecule has 40 heavy (non-hydrogen) atoms. The molecule has 3 atom stereocenters. The highest BCUT2D eigenvalue weighted by molar-refractivity contribution is 6.38. The second-order valence-corrected chi connectivity index (χ2v) is 11.5. The van der Waals surface area contributed by atoms with Crippen molar-refractivity contribution in [1.29, 1.82) is 0 Å². The Labute approximate surface area is 240 Å². The van der Waals surface area contributed by atoms with Gasteiger partial charge in [0.15, 0.2) is 0 Å². The summed E-state index contributed by atoms with van der Waals surface area (Å²) in [6.45, 7) is 9.70. The van der Waals surface area contributed by atoms with E-state index < -0.39 is 17.6 Å². The fourth-order valence-electron chi connectivity index (χ4n) is 6.10. The molecule has 2 saturated heterocycles. The molecule has 0 saturated carbocycles. The molecule has 0 aliphatic carbocycles. The zero-order valence-corrected chi connectivity index (χ0v) is 24.2. The van der Waals surface area contributed by atoms with E-state index in [1.54, 1.807) is 17.0 Å². The van der Waals surface area contributed by atoms with Gasteiger partial charge in [-0.1, -0.05) is 29.8 Å². The number of piperazine rings is 1. The molecular weight excluding hydrogens is 530 g/mol. The van der Waals surface area contributed by atoms with E-state index >= 15 is 0 Å². The average molecular weight is 568 g/mol. The number of amides is 2. The van der Waals surface area contributed by atoms with Gasteiger partial charge in [-0.05, 0) is 56.9 Å². The minimum Gasteiger partial charge on any atom is -0.493 e. The zero-order chi connectivity index (χ0) is 28.6. The van der Waals surface area contributed by atoms with Gasteiger partial charge in [-0.15, -0.1) is 0 Å². The van der Waals surface area contributed by atoms with Crippen LogP contribution in [0.2, 0.25) is 5.02 Å². The average Bonchev–Trinajstić information content (AvgIpc) is 3.59. The van der Waals surface area contributed by atoms with Gasteiger partial charge in [-0.3, -0.25) is 19.3 Å². The molecule has 2 N–H and O–H groups in total. The van der Waals surface area contributed by atoms with Crippen molar-refractivity contribution in [2.75, 3.05) is 44.3 Å². The Morgan fingerprint density at radius 3 is 2.45 bits per heavy atom. The number of ether oxygens (including phenoxy) is 1. The third-order valence-corrected chi connectivity index (χ3v) is 8.72. The lowest BCUT2D eigenvalue weighted by atomic mass is 9.93. The van der Waals surface area contributed by atoms with Crippen molar-refractivity contribution in [3.8, 4) is 5.75 Å². The van der Waals surface area contributed by atoms with Crippen LogP contribution < -0.4 is 15.6 Å². The number of halogens is 1. The number of Topliss-reactive ketones (excluding diaryl/α,β-unsaturated/α-hetero) is 1. The topological polar surface area (TPSA) is 99.4 Å². The van der Waals surface area contributed by atoms with E-state index in [1.165, 1.54) is 5.01 Å². The first-order chi connectivity index (χ1) is 19.2. The van der Waals surface area contributed by atoms with Gasteiger partial charge in [-0.25, -0.2) is 5.84 Å². The van der Waals surface area contributed by atoms with Crippen LogP contribution in [-0.4, -0.2) is 83.7 Å². The normalized spacial score (nSPS) is 22.9. The van der Waals surface area contributed by atoms with Crippen molar-refractivity contribution < 1.29 is 19.1 Å². The number of hydrogen-bond donors (Lipinski definition) is 1. The summed E-state index contributed by atoms with van der Waals surface area (Å²) in [5.74, 6) is 4.88. The first kappa shape index (κ1) is 28.4. The monoisotopic (exact) mass is 567 g/mol. The molecule has 0 aromatic heterocycles. The molecule has 0 radical (unpaired) electrons.